The zero-order valence-electron chi connectivity index (χ0n) is 7.96. The van der Waals surface area contributed by atoms with E-state index in [1.807, 2.05) is 0 Å². The lowest BCUT2D eigenvalue weighted by molar-refractivity contribution is -0.147. The van der Waals surface area contributed by atoms with Crippen LogP contribution in [-0.2, 0) is 9.59 Å². The lowest BCUT2D eigenvalue weighted by Crippen LogP contribution is -2.50. The van der Waals surface area contributed by atoms with Crippen LogP contribution in [0.15, 0.2) is 0 Å². The number of hydrogen-bond acceptors (Lipinski definition) is 6. The molecule has 0 bridgehead atoms. The average molecular weight is 225 g/mol. The van der Waals surface area contributed by atoms with Crippen LogP contribution in [0.1, 0.15) is 6.42 Å². The largest absolute Gasteiger partial charge is 0.481 e. The van der Waals surface area contributed by atoms with Crippen LogP contribution < -0.4 is 5.73 Å². The molecule has 0 aliphatic carbocycles. The number of carboxylic acid groups (broad SMARTS) is 2. The topological polar surface area (TPSA) is 161 Å². The van der Waals surface area contributed by atoms with E-state index in [4.69, 9.17) is 31.3 Å². The lowest BCUT2D eigenvalue weighted by atomic mass is 10.1. The summed E-state index contributed by atoms with van der Waals surface area (Å²) in [5.74, 6) is -2.62. The van der Waals surface area contributed by atoms with E-state index in [1.165, 1.54) is 0 Å². The van der Waals surface area contributed by atoms with E-state index in [0.717, 1.165) is 0 Å². The molecule has 0 atom stereocenters. The molecule has 7 N–H and O–H groups in total. The van der Waals surface area contributed by atoms with Crippen LogP contribution in [0.25, 0.3) is 0 Å². The molecule has 0 aromatic rings. The van der Waals surface area contributed by atoms with Crippen LogP contribution in [0.2, 0.25) is 0 Å². The zero-order valence-corrected chi connectivity index (χ0v) is 7.96. The van der Waals surface area contributed by atoms with E-state index in [0.29, 0.717) is 0 Å². The predicted molar refractivity (Wildman–Crippen MR) is 48.1 cm³/mol. The molecule has 0 saturated carbocycles. The molecule has 0 aromatic heterocycles. The molecular formula is C7H15NO7. The van der Waals surface area contributed by atoms with Gasteiger partial charge in [-0.1, -0.05) is 0 Å². The normalized spacial score (nSPS) is 10.1. The van der Waals surface area contributed by atoms with Crippen LogP contribution in [0.4, 0.5) is 0 Å². The summed E-state index contributed by atoms with van der Waals surface area (Å²) in [6.07, 6.45) is -0.806. The average Bonchev–Trinajstić information content (AvgIpc) is 2.15. The second-order valence-corrected chi connectivity index (χ2v) is 2.80. The van der Waals surface area contributed by atoms with Crippen LogP contribution in [0.5, 0.6) is 0 Å². The summed E-state index contributed by atoms with van der Waals surface area (Å²) in [4.78, 5) is 18.9. The van der Waals surface area contributed by atoms with E-state index in [-0.39, 0.29) is 0 Å². The van der Waals surface area contributed by atoms with Gasteiger partial charge >= 0.3 is 11.9 Å². The van der Waals surface area contributed by atoms with Crippen molar-refractivity contribution in [2.75, 3.05) is 19.8 Å². The summed E-state index contributed by atoms with van der Waals surface area (Å²) < 4.78 is 0. The van der Waals surface area contributed by atoms with Crippen LogP contribution in [0.3, 0.4) is 0 Å². The van der Waals surface area contributed by atoms with Crippen molar-refractivity contribution in [3.63, 3.8) is 0 Å². The summed E-state index contributed by atoms with van der Waals surface area (Å²) in [7, 11) is 0. The van der Waals surface area contributed by atoms with E-state index < -0.39 is 43.7 Å². The minimum absolute atomic E-state index is 0.403. The van der Waals surface area contributed by atoms with Crippen LogP contribution >= 0.6 is 0 Å². The smallest absolute Gasteiger partial charge is 0.314 e. The quantitative estimate of drug-likeness (QED) is 0.273. The first-order valence-electron chi connectivity index (χ1n) is 3.86. The van der Waals surface area contributed by atoms with Gasteiger partial charge in [-0.05, 0) is 0 Å². The zero-order chi connectivity index (χ0) is 12.5. The number of aliphatic hydroxyl groups is 3. The Bertz CT molecular complexity index is 181. The predicted octanol–water partition coefficient (Wildman–Crippen LogP) is -2.79. The van der Waals surface area contributed by atoms with Crippen molar-refractivity contribution in [1.82, 2.24) is 0 Å². The summed E-state index contributed by atoms with van der Waals surface area (Å²) >= 11 is 0. The van der Waals surface area contributed by atoms with Gasteiger partial charge in [-0.25, -0.2) is 0 Å². The molecule has 0 fully saturated rings. The number of hydrogen-bond donors (Lipinski definition) is 6. The molecule has 0 rings (SSSR count). The fraction of sp³-hybridized carbons (Fsp3) is 0.714. The molecule has 90 valence electrons. The SMILES string of the molecule is NC(CO)(CO)CO.O=C(O)CC(=O)O. The first kappa shape index (κ1) is 16.2. The van der Waals surface area contributed by atoms with Crippen molar-refractivity contribution in [1.29, 1.82) is 0 Å². The molecule has 0 unspecified atom stereocenters. The summed E-state index contributed by atoms with van der Waals surface area (Å²) in [6, 6.07) is 0. The fourth-order valence-corrected chi connectivity index (χ4v) is 0.279. The molecule has 0 saturated heterocycles. The van der Waals surface area contributed by atoms with Crippen molar-refractivity contribution in [3.05, 3.63) is 0 Å². The van der Waals surface area contributed by atoms with Crippen molar-refractivity contribution in [2.45, 2.75) is 12.0 Å². The van der Waals surface area contributed by atoms with Crippen LogP contribution in [-0.4, -0.2) is 62.8 Å². The Kier molecular flexibility index (Phi) is 8.78. The third-order valence-electron chi connectivity index (χ3n) is 1.25. The van der Waals surface area contributed by atoms with Gasteiger partial charge in [-0.3, -0.25) is 9.59 Å². The lowest BCUT2D eigenvalue weighted by Gasteiger charge is -2.20. The highest BCUT2D eigenvalue weighted by Gasteiger charge is 2.20. The molecule has 0 aromatic carbocycles. The van der Waals surface area contributed by atoms with Gasteiger partial charge in [0, 0.05) is 0 Å². The maximum Gasteiger partial charge on any atom is 0.314 e. The molecule has 0 radical (unpaired) electrons. The van der Waals surface area contributed by atoms with Crippen LogP contribution in [0, 0.1) is 0 Å². The number of nitrogens with two attached hydrogens (primary N) is 1. The molecule has 0 aliphatic heterocycles. The Morgan fingerprint density at radius 2 is 1.20 bits per heavy atom. The van der Waals surface area contributed by atoms with Gasteiger partial charge in [0.1, 0.15) is 6.42 Å². The first-order valence-corrected chi connectivity index (χ1v) is 3.86. The Hall–Kier alpha value is -1.22. The van der Waals surface area contributed by atoms with Gasteiger partial charge in [0.2, 0.25) is 0 Å². The number of rotatable bonds is 5. The highest BCUT2D eigenvalue weighted by Crippen LogP contribution is 1.93. The fourth-order valence-electron chi connectivity index (χ4n) is 0.279. The summed E-state index contributed by atoms with van der Waals surface area (Å²) in [6.45, 7) is -1.21. The van der Waals surface area contributed by atoms with Crippen molar-refractivity contribution in [2.24, 2.45) is 5.73 Å². The van der Waals surface area contributed by atoms with Crippen molar-refractivity contribution >= 4 is 11.9 Å². The van der Waals surface area contributed by atoms with E-state index in [9.17, 15) is 9.59 Å². The van der Waals surface area contributed by atoms with Gasteiger partial charge in [-0.2, -0.15) is 0 Å². The molecule has 0 spiro atoms. The Balaban J connectivity index is 0. The van der Waals surface area contributed by atoms with Gasteiger partial charge in [0.15, 0.2) is 0 Å². The Morgan fingerprint density at radius 1 is 0.933 bits per heavy atom. The van der Waals surface area contributed by atoms with Gasteiger partial charge < -0.3 is 31.3 Å². The maximum atomic E-state index is 9.43. The molecule has 0 aliphatic rings. The number of carboxylic acids is 2. The summed E-state index contributed by atoms with van der Waals surface area (Å²) in [5, 5.41) is 40.4. The van der Waals surface area contributed by atoms with E-state index in [2.05, 4.69) is 0 Å². The molecule has 0 heterocycles. The highest BCUT2D eigenvalue weighted by atomic mass is 16.4. The molecule has 8 nitrogen and oxygen atoms in total. The van der Waals surface area contributed by atoms with Gasteiger partial charge in [-0.15, -0.1) is 0 Å². The number of aliphatic carboxylic acids is 2. The molecule has 15 heavy (non-hydrogen) atoms. The minimum Gasteiger partial charge on any atom is -0.481 e. The standard InChI is InChI=1S/C4H11NO3.C3H4O4/c5-4(1-6,2-7)3-8;4-2(5)1-3(6)7/h6-8H,1-3,5H2;1H2,(H,4,5)(H,6,7). The van der Waals surface area contributed by atoms with Gasteiger partial charge in [0.25, 0.3) is 0 Å². The van der Waals surface area contributed by atoms with Crippen molar-refractivity contribution < 1.29 is 35.1 Å². The Labute approximate surface area is 85.6 Å². The third-order valence-corrected chi connectivity index (χ3v) is 1.25. The minimum atomic E-state index is -1.31. The maximum absolute atomic E-state index is 9.43. The molecule has 8 heteroatoms. The van der Waals surface area contributed by atoms with E-state index in [1.54, 1.807) is 0 Å². The molecule has 0 amide bonds. The van der Waals surface area contributed by atoms with Crippen molar-refractivity contribution in [3.8, 4) is 0 Å². The monoisotopic (exact) mass is 225 g/mol. The third kappa shape index (κ3) is 10.7. The van der Waals surface area contributed by atoms with Gasteiger partial charge in [0.05, 0.1) is 25.4 Å². The highest BCUT2D eigenvalue weighted by molar-refractivity contribution is 5.88. The number of aliphatic hydroxyl groups excluding tert-OH is 3. The Morgan fingerprint density at radius 3 is 1.20 bits per heavy atom. The second-order valence-electron chi connectivity index (χ2n) is 2.80. The number of carbonyl (C=O) groups is 2. The molecular weight excluding hydrogens is 210 g/mol. The first-order chi connectivity index (χ1) is 6.81. The van der Waals surface area contributed by atoms with E-state index >= 15 is 0 Å². The summed E-state index contributed by atoms with van der Waals surface area (Å²) in [5.41, 5.74) is 3.94. The second kappa shape index (κ2) is 8.12.